The molecule has 162 valence electrons. The Hall–Kier alpha value is -3.94. The van der Waals surface area contributed by atoms with E-state index in [-0.39, 0.29) is 5.95 Å². The summed E-state index contributed by atoms with van der Waals surface area (Å²) in [6.07, 6.45) is 6.03. The Morgan fingerprint density at radius 1 is 0.839 bits per heavy atom. The number of rotatable bonds is 8. The molecule has 0 fully saturated rings. The third-order valence-corrected chi connectivity index (χ3v) is 4.76. The first kappa shape index (κ1) is 21.8. The predicted octanol–water partition coefficient (Wildman–Crippen LogP) is 3.44. The topological polar surface area (TPSA) is 115 Å². The van der Waals surface area contributed by atoms with Crippen LogP contribution in [0.2, 0.25) is 0 Å². The summed E-state index contributed by atoms with van der Waals surface area (Å²) in [7, 11) is 6.44. The number of hydrogen-bond donors (Lipinski definition) is 2. The van der Waals surface area contributed by atoms with Crippen molar-refractivity contribution in [1.29, 1.82) is 0 Å². The minimum Gasteiger partial charge on any atom is -0.497 e. The van der Waals surface area contributed by atoms with Gasteiger partial charge in [-0.25, -0.2) is 4.98 Å². The molecule has 3 aromatic rings. The first-order chi connectivity index (χ1) is 15.0. The lowest BCUT2D eigenvalue weighted by atomic mass is 10.0. The van der Waals surface area contributed by atoms with Gasteiger partial charge in [-0.3, -0.25) is 0 Å². The summed E-state index contributed by atoms with van der Waals surface area (Å²) in [6.45, 7) is 0. The van der Waals surface area contributed by atoms with Gasteiger partial charge in [0.1, 0.15) is 17.3 Å². The van der Waals surface area contributed by atoms with E-state index in [0.717, 1.165) is 28.0 Å². The number of hydrogen-bond acceptors (Lipinski definition) is 8. The molecule has 0 bridgehead atoms. The second-order valence-electron chi connectivity index (χ2n) is 6.68. The number of nitrogens with zero attached hydrogens (tertiary/aromatic N) is 2. The molecule has 0 aliphatic heterocycles. The highest BCUT2D eigenvalue weighted by molar-refractivity contribution is 5.77. The van der Waals surface area contributed by atoms with E-state index in [1.807, 2.05) is 42.5 Å². The summed E-state index contributed by atoms with van der Waals surface area (Å²) in [4.78, 5) is 8.06. The maximum Gasteiger partial charge on any atom is 0.221 e. The maximum absolute atomic E-state index is 6.00. The van der Waals surface area contributed by atoms with Gasteiger partial charge in [0.25, 0.3) is 0 Å². The molecule has 2 aromatic carbocycles. The van der Waals surface area contributed by atoms with Gasteiger partial charge in [0.05, 0.1) is 28.4 Å². The molecule has 0 amide bonds. The normalized spacial score (nSPS) is 10.8. The summed E-state index contributed by atoms with van der Waals surface area (Å²) >= 11 is 0. The molecule has 0 saturated heterocycles. The van der Waals surface area contributed by atoms with Gasteiger partial charge in [-0.2, -0.15) is 4.98 Å². The van der Waals surface area contributed by atoms with Crippen LogP contribution in [0.4, 0.5) is 11.8 Å². The number of anilines is 2. The zero-order chi connectivity index (χ0) is 22.4. The first-order valence-electron chi connectivity index (χ1n) is 9.51. The molecule has 0 radical (unpaired) electrons. The third kappa shape index (κ3) is 4.98. The summed E-state index contributed by atoms with van der Waals surface area (Å²) in [5, 5.41) is 0. The Morgan fingerprint density at radius 2 is 1.58 bits per heavy atom. The molecule has 0 spiro atoms. The molecule has 0 unspecified atom stereocenters. The van der Waals surface area contributed by atoms with Crippen molar-refractivity contribution in [3.63, 3.8) is 0 Å². The van der Waals surface area contributed by atoms with Crippen LogP contribution in [0.3, 0.4) is 0 Å². The monoisotopic (exact) mass is 422 g/mol. The van der Waals surface area contributed by atoms with Crippen LogP contribution < -0.4 is 30.4 Å². The van der Waals surface area contributed by atoms with Crippen LogP contribution in [0.1, 0.15) is 22.3 Å². The zero-order valence-electron chi connectivity index (χ0n) is 18.0. The molecule has 0 aliphatic rings. The number of ether oxygens (including phenoxy) is 4. The van der Waals surface area contributed by atoms with Crippen molar-refractivity contribution in [2.45, 2.75) is 6.42 Å². The number of benzene rings is 2. The minimum absolute atomic E-state index is 0.144. The molecule has 4 N–H and O–H groups in total. The van der Waals surface area contributed by atoms with E-state index >= 15 is 0 Å². The molecule has 8 nitrogen and oxygen atoms in total. The predicted molar refractivity (Wildman–Crippen MR) is 122 cm³/mol. The van der Waals surface area contributed by atoms with E-state index in [9.17, 15) is 0 Å². The fourth-order valence-corrected chi connectivity index (χ4v) is 3.21. The molecule has 0 atom stereocenters. The minimum atomic E-state index is 0.144. The second-order valence-corrected chi connectivity index (χ2v) is 6.68. The molecule has 8 heteroatoms. The standard InChI is InChI=1S/C23H26N4O4/c1-28-18-8-7-15(19(12-18)29-2)5-6-16-9-14(11-20(30-3)21(16)31-4)10-17-13-26-23(25)27-22(17)24/h5-9,11-13H,10H2,1-4H3,(H4,24,25,26,27)/b6-5+. The molecule has 1 heterocycles. The SMILES string of the molecule is COc1ccc(/C=C/c2cc(Cc3cnc(N)nc3N)cc(OC)c2OC)c(OC)c1. The van der Waals surface area contributed by atoms with Crippen LogP contribution in [-0.4, -0.2) is 38.4 Å². The van der Waals surface area contributed by atoms with E-state index in [4.69, 9.17) is 30.4 Å². The summed E-state index contributed by atoms with van der Waals surface area (Å²) < 4.78 is 21.9. The van der Waals surface area contributed by atoms with Gasteiger partial charge in [0, 0.05) is 35.4 Å². The largest absolute Gasteiger partial charge is 0.497 e. The van der Waals surface area contributed by atoms with Gasteiger partial charge < -0.3 is 30.4 Å². The van der Waals surface area contributed by atoms with E-state index < -0.39 is 0 Å². The van der Waals surface area contributed by atoms with Gasteiger partial charge in [0.15, 0.2) is 11.5 Å². The Labute approximate surface area is 181 Å². The highest BCUT2D eigenvalue weighted by Gasteiger charge is 2.13. The molecular formula is C23H26N4O4. The van der Waals surface area contributed by atoms with Gasteiger partial charge in [-0.1, -0.05) is 12.2 Å². The van der Waals surface area contributed by atoms with E-state index in [2.05, 4.69) is 9.97 Å². The van der Waals surface area contributed by atoms with E-state index in [0.29, 0.717) is 29.5 Å². The quantitative estimate of drug-likeness (QED) is 0.531. The van der Waals surface area contributed by atoms with Crippen molar-refractivity contribution in [3.8, 4) is 23.0 Å². The van der Waals surface area contributed by atoms with Crippen LogP contribution >= 0.6 is 0 Å². The Balaban J connectivity index is 2.00. The smallest absolute Gasteiger partial charge is 0.221 e. The molecule has 0 aliphatic carbocycles. The number of aromatic nitrogens is 2. The molecule has 0 saturated carbocycles. The first-order valence-corrected chi connectivity index (χ1v) is 9.51. The number of nitrogens with two attached hydrogens (primary N) is 2. The Kier molecular flexibility index (Phi) is 6.81. The van der Waals surface area contributed by atoms with Crippen molar-refractivity contribution >= 4 is 23.9 Å². The summed E-state index contributed by atoms with van der Waals surface area (Å²) in [5.41, 5.74) is 15.1. The van der Waals surface area contributed by atoms with E-state index in [1.165, 1.54) is 0 Å². The van der Waals surface area contributed by atoms with Crippen LogP contribution in [0.25, 0.3) is 12.2 Å². The van der Waals surface area contributed by atoms with Crippen LogP contribution in [0, 0.1) is 0 Å². The lowest BCUT2D eigenvalue weighted by Gasteiger charge is -2.14. The highest BCUT2D eigenvalue weighted by atomic mass is 16.5. The lowest BCUT2D eigenvalue weighted by Crippen LogP contribution is -2.04. The molecule has 1 aromatic heterocycles. The highest BCUT2D eigenvalue weighted by Crippen LogP contribution is 2.35. The Morgan fingerprint density at radius 3 is 2.23 bits per heavy atom. The van der Waals surface area contributed by atoms with Gasteiger partial charge in [-0.15, -0.1) is 0 Å². The Bertz CT molecular complexity index is 1100. The average molecular weight is 422 g/mol. The van der Waals surface area contributed by atoms with Crippen molar-refractivity contribution in [3.05, 3.63) is 58.8 Å². The van der Waals surface area contributed by atoms with Crippen LogP contribution in [-0.2, 0) is 6.42 Å². The summed E-state index contributed by atoms with van der Waals surface area (Å²) in [6, 6.07) is 9.54. The van der Waals surface area contributed by atoms with Crippen molar-refractivity contribution in [1.82, 2.24) is 9.97 Å². The van der Waals surface area contributed by atoms with E-state index in [1.54, 1.807) is 34.6 Å². The van der Waals surface area contributed by atoms with Gasteiger partial charge in [-0.05, 0) is 29.8 Å². The zero-order valence-corrected chi connectivity index (χ0v) is 18.0. The van der Waals surface area contributed by atoms with Crippen molar-refractivity contribution < 1.29 is 18.9 Å². The number of methoxy groups -OCH3 is 4. The van der Waals surface area contributed by atoms with Crippen LogP contribution in [0.15, 0.2) is 36.5 Å². The third-order valence-electron chi connectivity index (χ3n) is 4.76. The van der Waals surface area contributed by atoms with Gasteiger partial charge in [0.2, 0.25) is 5.95 Å². The molecule has 3 rings (SSSR count). The second kappa shape index (κ2) is 9.71. The fourth-order valence-electron chi connectivity index (χ4n) is 3.21. The molecule has 31 heavy (non-hydrogen) atoms. The molecular weight excluding hydrogens is 396 g/mol. The maximum atomic E-state index is 6.00. The number of nitrogen functional groups attached to an aromatic ring is 2. The fraction of sp³-hybridized carbons (Fsp3) is 0.217. The van der Waals surface area contributed by atoms with Gasteiger partial charge >= 0.3 is 0 Å². The van der Waals surface area contributed by atoms with Crippen molar-refractivity contribution in [2.75, 3.05) is 39.9 Å². The van der Waals surface area contributed by atoms with Crippen molar-refractivity contribution in [2.24, 2.45) is 0 Å². The van der Waals surface area contributed by atoms with Crippen LogP contribution in [0.5, 0.6) is 23.0 Å². The summed E-state index contributed by atoms with van der Waals surface area (Å²) in [5.74, 6) is 3.14. The lowest BCUT2D eigenvalue weighted by molar-refractivity contribution is 0.354. The average Bonchev–Trinajstić information content (AvgIpc) is 2.78.